The number of nitrogens with one attached hydrogen (secondary N) is 3. The van der Waals surface area contributed by atoms with Crippen LogP contribution in [0.25, 0.3) is 21.9 Å². The molecule has 6 nitrogen and oxygen atoms in total. The van der Waals surface area contributed by atoms with Gasteiger partial charge in [-0.05, 0) is 78.0 Å². The van der Waals surface area contributed by atoms with Gasteiger partial charge in [-0.15, -0.1) is 0 Å². The lowest BCUT2D eigenvalue weighted by Crippen LogP contribution is -2.29. The third kappa shape index (κ3) is 3.84. The van der Waals surface area contributed by atoms with Gasteiger partial charge in [0.15, 0.2) is 5.11 Å². The Balaban J connectivity index is 1.34. The molecular formula is C27H24N6S. The van der Waals surface area contributed by atoms with E-state index in [-0.39, 0.29) is 6.04 Å². The number of aromatic amines is 2. The predicted octanol–water partition coefficient (Wildman–Crippen LogP) is 5.51. The van der Waals surface area contributed by atoms with Gasteiger partial charge in [0.2, 0.25) is 0 Å². The smallest absolute Gasteiger partial charge is 0.179 e. The summed E-state index contributed by atoms with van der Waals surface area (Å²) in [5, 5.41) is 5.22. The maximum atomic E-state index is 5.81. The lowest BCUT2D eigenvalue weighted by Gasteiger charge is -2.25. The molecule has 7 heteroatoms. The summed E-state index contributed by atoms with van der Waals surface area (Å²) in [7, 11) is 0. The lowest BCUT2D eigenvalue weighted by atomic mass is 10.0. The molecule has 6 rings (SSSR count). The number of benzene rings is 3. The van der Waals surface area contributed by atoms with Crippen molar-refractivity contribution in [3.8, 4) is 0 Å². The molecule has 3 N–H and O–H groups in total. The van der Waals surface area contributed by atoms with E-state index in [2.05, 4.69) is 85.8 Å². The number of hydrogen-bond donors (Lipinski definition) is 3. The van der Waals surface area contributed by atoms with E-state index in [0.717, 1.165) is 53.0 Å². The topological polar surface area (TPSA) is 72.1 Å². The largest absolute Gasteiger partial charge is 0.361 e. The Bertz CT molecular complexity index is 1500. The summed E-state index contributed by atoms with van der Waals surface area (Å²) < 4.78 is 0. The molecule has 168 valence electrons. The lowest BCUT2D eigenvalue weighted by molar-refractivity contribution is 0.822. The standard InChI is InChI=1S/C27H24N6S/c34-27-32-26(29-13-4-7-18-5-2-1-3-6-18)25(20-8-10-22-19(15-20)12-14-28-22)33(27)21-9-11-23-24(16-21)31-17-30-23/h1-3,5-6,8-12,14-17,25,28H,4,7,13H2,(H,30,31)(H,29,32,34). The van der Waals surface area contributed by atoms with Gasteiger partial charge >= 0.3 is 0 Å². The monoisotopic (exact) mass is 464 g/mol. The number of rotatable bonds is 6. The van der Waals surface area contributed by atoms with E-state index in [1.807, 2.05) is 18.3 Å². The Morgan fingerprint density at radius 1 is 0.941 bits per heavy atom. The van der Waals surface area contributed by atoms with Gasteiger partial charge in [0.25, 0.3) is 0 Å². The van der Waals surface area contributed by atoms with E-state index in [0.29, 0.717) is 5.11 Å². The van der Waals surface area contributed by atoms with Gasteiger partial charge in [-0.2, -0.15) is 0 Å². The zero-order valence-corrected chi connectivity index (χ0v) is 19.3. The first kappa shape index (κ1) is 20.6. The number of fused-ring (bicyclic) bond motifs is 2. The quantitative estimate of drug-likeness (QED) is 0.229. The zero-order chi connectivity index (χ0) is 22.9. The van der Waals surface area contributed by atoms with E-state index in [1.165, 1.54) is 10.9 Å². The van der Waals surface area contributed by atoms with Crippen LogP contribution in [-0.4, -0.2) is 32.4 Å². The van der Waals surface area contributed by atoms with E-state index in [9.17, 15) is 0 Å². The number of H-pyrrole nitrogens is 2. The number of aromatic nitrogens is 3. The van der Waals surface area contributed by atoms with E-state index in [1.54, 1.807) is 6.33 Å². The van der Waals surface area contributed by atoms with Crippen LogP contribution in [0.1, 0.15) is 23.6 Å². The fourth-order valence-corrected chi connectivity index (χ4v) is 4.93. The van der Waals surface area contributed by atoms with Crippen LogP contribution in [0.2, 0.25) is 0 Å². The van der Waals surface area contributed by atoms with Crippen molar-refractivity contribution in [2.24, 2.45) is 4.99 Å². The molecule has 0 bridgehead atoms. The van der Waals surface area contributed by atoms with Crippen molar-refractivity contribution in [2.75, 3.05) is 11.4 Å². The Morgan fingerprint density at radius 2 is 1.82 bits per heavy atom. The predicted molar refractivity (Wildman–Crippen MR) is 142 cm³/mol. The van der Waals surface area contributed by atoms with Gasteiger partial charge < -0.3 is 20.2 Å². The van der Waals surface area contributed by atoms with Crippen molar-refractivity contribution in [1.29, 1.82) is 0 Å². The average molecular weight is 465 g/mol. The van der Waals surface area contributed by atoms with E-state index < -0.39 is 0 Å². The fourth-order valence-electron chi connectivity index (χ4n) is 4.62. The molecule has 1 unspecified atom stereocenters. The number of aliphatic imine (C=N–C) groups is 1. The van der Waals surface area contributed by atoms with Crippen LogP contribution >= 0.6 is 12.2 Å². The minimum atomic E-state index is -0.125. The van der Waals surface area contributed by atoms with Crippen molar-refractivity contribution >= 4 is 50.8 Å². The van der Waals surface area contributed by atoms with Crippen molar-refractivity contribution in [3.05, 3.63) is 96.4 Å². The second-order valence-electron chi connectivity index (χ2n) is 8.49. The molecule has 0 aliphatic carbocycles. The number of nitrogens with zero attached hydrogens (tertiary/aromatic N) is 3. The molecule has 3 heterocycles. The van der Waals surface area contributed by atoms with E-state index >= 15 is 0 Å². The summed E-state index contributed by atoms with van der Waals surface area (Å²) in [5.41, 5.74) is 6.49. The molecule has 0 saturated carbocycles. The first-order valence-electron chi connectivity index (χ1n) is 11.4. The maximum Gasteiger partial charge on any atom is 0.179 e. The SMILES string of the molecule is S=C1NC(=NCCCc2ccccc2)C(c2ccc3[nH]ccc3c2)N1c1ccc2[nH]cnc2c1. The minimum Gasteiger partial charge on any atom is -0.361 e. The fraction of sp³-hybridized carbons (Fsp3) is 0.148. The van der Waals surface area contributed by atoms with Gasteiger partial charge in [0.05, 0.1) is 17.4 Å². The Hall–Kier alpha value is -3.97. The highest BCUT2D eigenvalue weighted by Gasteiger charge is 2.36. The van der Waals surface area contributed by atoms with Crippen LogP contribution in [0.4, 0.5) is 5.69 Å². The summed E-state index contributed by atoms with van der Waals surface area (Å²) in [4.78, 5) is 18.0. The Labute approximate surface area is 202 Å². The summed E-state index contributed by atoms with van der Waals surface area (Å²) in [6.07, 6.45) is 5.66. The van der Waals surface area contributed by atoms with Crippen molar-refractivity contribution in [2.45, 2.75) is 18.9 Å². The number of amidine groups is 1. The summed E-state index contributed by atoms with van der Waals surface area (Å²) in [6.45, 7) is 0.731. The maximum absolute atomic E-state index is 5.81. The summed E-state index contributed by atoms with van der Waals surface area (Å²) in [5.74, 6) is 0.884. The van der Waals surface area contributed by atoms with Crippen LogP contribution in [0.15, 0.2) is 90.3 Å². The molecule has 34 heavy (non-hydrogen) atoms. The Kier molecular flexibility index (Phi) is 5.31. The minimum absolute atomic E-state index is 0.125. The van der Waals surface area contributed by atoms with Crippen molar-refractivity contribution in [3.63, 3.8) is 0 Å². The molecule has 1 aliphatic heterocycles. The number of anilines is 1. The zero-order valence-electron chi connectivity index (χ0n) is 18.5. The average Bonchev–Trinajstić information content (AvgIpc) is 3.59. The van der Waals surface area contributed by atoms with Crippen LogP contribution in [0, 0.1) is 0 Å². The second kappa shape index (κ2) is 8.76. The van der Waals surface area contributed by atoms with Gasteiger partial charge in [-0.1, -0.05) is 36.4 Å². The second-order valence-corrected chi connectivity index (χ2v) is 8.87. The molecule has 1 aliphatic rings. The molecule has 1 saturated heterocycles. The van der Waals surface area contributed by atoms with Gasteiger partial charge in [0, 0.05) is 23.9 Å². The summed E-state index contributed by atoms with van der Waals surface area (Å²) >= 11 is 5.81. The molecular weight excluding hydrogens is 440 g/mol. The number of thiocarbonyl (C=S) groups is 1. The Morgan fingerprint density at radius 3 is 2.74 bits per heavy atom. The van der Waals surface area contributed by atoms with E-state index in [4.69, 9.17) is 17.2 Å². The molecule has 0 radical (unpaired) electrons. The van der Waals surface area contributed by atoms with Crippen LogP contribution < -0.4 is 10.2 Å². The van der Waals surface area contributed by atoms with Crippen LogP contribution in [0.5, 0.6) is 0 Å². The highest BCUT2D eigenvalue weighted by Crippen LogP contribution is 2.34. The van der Waals surface area contributed by atoms with Gasteiger partial charge in [0.1, 0.15) is 11.9 Å². The molecule has 3 aromatic carbocycles. The molecule has 0 spiro atoms. The van der Waals surface area contributed by atoms with Gasteiger partial charge in [-0.3, -0.25) is 4.99 Å². The number of hydrogen-bond acceptors (Lipinski definition) is 3. The third-order valence-electron chi connectivity index (χ3n) is 6.30. The first-order chi connectivity index (χ1) is 16.8. The molecule has 1 fully saturated rings. The summed E-state index contributed by atoms with van der Waals surface area (Å²) in [6, 6.07) is 25.2. The highest BCUT2D eigenvalue weighted by molar-refractivity contribution is 7.80. The first-order valence-corrected chi connectivity index (χ1v) is 11.9. The van der Waals surface area contributed by atoms with Crippen LogP contribution in [-0.2, 0) is 6.42 Å². The molecule has 2 aromatic heterocycles. The normalized spacial score (nSPS) is 17.2. The van der Waals surface area contributed by atoms with Gasteiger partial charge in [-0.25, -0.2) is 4.98 Å². The third-order valence-corrected chi connectivity index (χ3v) is 6.59. The number of aryl methyl sites for hydroxylation is 1. The van der Waals surface area contributed by atoms with Crippen molar-refractivity contribution in [1.82, 2.24) is 20.3 Å². The molecule has 5 aromatic rings. The van der Waals surface area contributed by atoms with Crippen LogP contribution in [0.3, 0.4) is 0 Å². The highest BCUT2D eigenvalue weighted by atomic mass is 32.1. The molecule has 1 atom stereocenters. The van der Waals surface area contributed by atoms with Crippen molar-refractivity contribution < 1.29 is 0 Å². The number of imidazole rings is 1. The molecule has 0 amide bonds.